The molecular formula is C22H26N2O. The lowest BCUT2D eigenvalue weighted by Gasteiger charge is -2.12. The maximum atomic E-state index is 5.99. The van der Waals surface area contributed by atoms with E-state index < -0.39 is 0 Å². The maximum absolute atomic E-state index is 5.99. The first-order valence-corrected chi connectivity index (χ1v) is 9.38. The summed E-state index contributed by atoms with van der Waals surface area (Å²) in [7, 11) is 0. The van der Waals surface area contributed by atoms with Gasteiger partial charge in [-0.25, -0.2) is 4.98 Å². The zero-order valence-corrected chi connectivity index (χ0v) is 15.2. The highest BCUT2D eigenvalue weighted by molar-refractivity contribution is 5.76. The average molecular weight is 334 g/mol. The molecule has 3 aromatic rings. The van der Waals surface area contributed by atoms with Crippen molar-refractivity contribution in [3.8, 4) is 5.75 Å². The number of aryl methyl sites for hydroxylation is 2. The molecule has 1 aliphatic rings. The van der Waals surface area contributed by atoms with Crippen LogP contribution in [0.5, 0.6) is 5.75 Å². The van der Waals surface area contributed by atoms with Crippen LogP contribution in [0.25, 0.3) is 11.0 Å². The SMILES string of the molecule is Cc1cccc(OCCCCn2c(C3CC3)nc3ccccc32)c1C. The Bertz CT molecular complexity index is 877. The highest BCUT2D eigenvalue weighted by Gasteiger charge is 2.29. The van der Waals surface area contributed by atoms with E-state index >= 15 is 0 Å². The van der Waals surface area contributed by atoms with Crippen LogP contribution in [0.4, 0.5) is 0 Å². The van der Waals surface area contributed by atoms with Gasteiger partial charge in [0.2, 0.25) is 0 Å². The van der Waals surface area contributed by atoms with Crippen LogP contribution in [-0.2, 0) is 6.54 Å². The molecule has 0 N–H and O–H groups in total. The van der Waals surface area contributed by atoms with Gasteiger partial charge in [-0.1, -0.05) is 24.3 Å². The largest absolute Gasteiger partial charge is 0.493 e. The molecule has 4 rings (SSSR count). The van der Waals surface area contributed by atoms with E-state index in [9.17, 15) is 0 Å². The predicted octanol–water partition coefficient (Wildman–Crippen LogP) is 5.39. The fourth-order valence-electron chi connectivity index (χ4n) is 3.42. The minimum atomic E-state index is 0.679. The van der Waals surface area contributed by atoms with E-state index in [1.54, 1.807) is 0 Å². The van der Waals surface area contributed by atoms with Crippen molar-refractivity contribution in [1.82, 2.24) is 9.55 Å². The number of aromatic nitrogens is 2. The van der Waals surface area contributed by atoms with Gasteiger partial charge in [0.05, 0.1) is 17.6 Å². The van der Waals surface area contributed by atoms with E-state index in [1.165, 1.54) is 35.3 Å². The molecule has 0 saturated heterocycles. The molecular weight excluding hydrogens is 308 g/mol. The molecule has 3 nitrogen and oxygen atoms in total. The van der Waals surface area contributed by atoms with Crippen LogP contribution in [0.3, 0.4) is 0 Å². The second-order valence-corrected chi connectivity index (χ2v) is 7.14. The third-order valence-electron chi connectivity index (χ3n) is 5.22. The Hall–Kier alpha value is -2.29. The minimum absolute atomic E-state index is 0.679. The van der Waals surface area contributed by atoms with Crippen molar-refractivity contribution in [2.75, 3.05) is 6.61 Å². The molecule has 0 radical (unpaired) electrons. The van der Waals surface area contributed by atoms with Crippen LogP contribution >= 0.6 is 0 Å². The van der Waals surface area contributed by atoms with Gasteiger partial charge >= 0.3 is 0 Å². The number of hydrogen-bond acceptors (Lipinski definition) is 2. The molecule has 0 atom stereocenters. The first-order valence-electron chi connectivity index (χ1n) is 9.38. The Kier molecular flexibility index (Phi) is 4.48. The molecule has 0 unspecified atom stereocenters. The van der Waals surface area contributed by atoms with Crippen LogP contribution < -0.4 is 4.74 Å². The molecule has 3 heteroatoms. The molecule has 2 aromatic carbocycles. The standard InChI is InChI=1S/C22H26N2O/c1-16-8-7-11-21(17(16)2)25-15-6-5-14-24-20-10-4-3-9-19(20)23-22(24)18-12-13-18/h3-4,7-11,18H,5-6,12-15H2,1-2H3. The van der Waals surface area contributed by atoms with Crippen molar-refractivity contribution in [1.29, 1.82) is 0 Å². The number of benzene rings is 2. The lowest BCUT2D eigenvalue weighted by atomic mass is 10.1. The van der Waals surface area contributed by atoms with E-state index in [-0.39, 0.29) is 0 Å². The number of rotatable bonds is 7. The summed E-state index contributed by atoms with van der Waals surface area (Å²) in [6, 6.07) is 14.8. The number of nitrogens with zero attached hydrogens (tertiary/aromatic N) is 2. The molecule has 1 heterocycles. The zero-order valence-electron chi connectivity index (χ0n) is 15.2. The molecule has 1 aromatic heterocycles. The summed E-state index contributed by atoms with van der Waals surface area (Å²) < 4.78 is 8.43. The lowest BCUT2D eigenvalue weighted by molar-refractivity contribution is 0.301. The van der Waals surface area contributed by atoms with Crippen molar-refractivity contribution < 1.29 is 4.74 Å². The molecule has 25 heavy (non-hydrogen) atoms. The van der Waals surface area contributed by atoms with Gasteiger partial charge in [0, 0.05) is 12.5 Å². The second kappa shape index (κ2) is 6.91. The Morgan fingerprint density at radius 3 is 2.72 bits per heavy atom. The Morgan fingerprint density at radius 2 is 1.88 bits per heavy atom. The van der Waals surface area contributed by atoms with Gasteiger partial charge in [-0.3, -0.25) is 0 Å². The van der Waals surface area contributed by atoms with Crippen molar-refractivity contribution >= 4 is 11.0 Å². The van der Waals surface area contributed by atoms with Gasteiger partial charge in [0.25, 0.3) is 0 Å². The molecule has 0 spiro atoms. The maximum Gasteiger partial charge on any atom is 0.122 e. The molecule has 0 amide bonds. The Morgan fingerprint density at radius 1 is 1.04 bits per heavy atom. The Balaban J connectivity index is 1.37. The number of para-hydroxylation sites is 2. The highest BCUT2D eigenvalue weighted by atomic mass is 16.5. The number of imidazole rings is 1. The molecule has 0 bridgehead atoms. The van der Waals surface area contributed by atoms with Crippen molar-refractivity contribution in [2.45, 2.75) is 52.0 Å². The summed E-state index contributed by atoms with van der Waals surface area (Å²) in [5, 5.41) is 0. The topological polar surface area (TPSA) is 27.1 Å². The van der Waals surface area contributed by atoms with E-state index in [4.69, 9.17) is 9.72 Å². The van der Waals surface area contributed by atoms with E-state index in [2.05, 4.69) is 60.9 Å². The van der Waals surface area contributed by atoms with Gasteiger partial charge in [-0.05, 0) is 68.9 Å². The van der Waals surface area contributed by atoms with E-state index in [0.717, 1.165) is 37.3 Å². The van der Waals surface area contributed by atoms with Crippen molar-refractivity contribution in [3.63, 3.8) is 0 Å². The van der Waals surface area contributed by atoms with Crippen LogP contribution in [-0.4, -0.2) is 16.2 Å². The van der Waals surface area contributed by atoms with Gasteiger partial charge in [0.15, 0.2) is 0 Å². The smallest absolute Gasteiger partial charge is 0.122 e. The summed E-state index contributed by atoms with van der Waals surface area (Å²) in [5.41, 5.74) is 4.95. The summed E-state index contributed by atoms with van der Waals surface area (Å²) >= 11 is 0. The predicted molar refractivity (Wildman–Crippen MR) is 102 cm³/mol. The lowest BCUT2D eigenvalue weighted by Crippen LogP contribution is -2.06. The molecule has 1 saturated carbocycles. The summed E-state index contributed by atoms with van der Waals surface area (Å²) in [5.74, 6) is 2.99. The van der Waals surface area contributed by atoms with Crippen molar-refractivity contribution in [3.05, 3.63) is 59.4 Å². The average Bonchev–Trinajstić information content (AvgIpc) is 3.40. The number of ether oxygens (including phenoxy) is 1. The van der Waals surface area contributed by atoms with Gasteiger partial charge in [-0.15, -0.1) is 0 Å². The normalized spacial score (nSPS) is 14.2. The minimum Gasteiger partial charge on any atom is -0.493 e. The fourth-order valence-corrected chi connectivity index (χ4v) is 3.42. The van der Waals surface area contributed by atoms with E-state index in [0.29, 0.717) is 5.92 Å². The monoisotopic (exact) mass is 334 g/mol. The summed E-state index contributed by atoms with van der Waals surface area (Å²) in [4.78, 5) is 4.87. The second-order valence-electron chi connectivity index (χ2n) is 7.14. The van der Waals surface area contributed by atoms with Crippen LogP contribution in [0.15, 0.2) is 42.5 Å². The molecule has 0 aliphatic heterocycles. The number of hydrogen-bond donors (Lipinski definition) is 0. The first-order chi connectivity index (χ1) is 12.2. The van der Waals surface area contributed by atoms with Crippen LogP contribution in [0.1, 0.15) is 48.6 Å². The van der Waals surface area contributed by atoms with Crippen LogP contribution in [0, 0.1) is 13.8 Å². The van der Waals surface area contributed by atoms with Gasteiger partial charge < -0.3 is 9.30 Å². The third-order valence-corrected chi connectivity index (χ3v) is 5.22. The van der Waals surface area contributed by atoms with Crippen molar-refractivity contribution in [2.24, 2.45) is 0 Å². The highest BCUT2D eigenvalue weighted by Crippen LogP contribution is 2.40. The zero-order chi connectivity index (χ0) is 17.2. The summed E-state index contributed by atoms with van der Waals surface area (Å²) in [6.45, 7) is 6.06. The van der Waals surface area contributed by atoms with Gasteiger partial charge in [-0.2, -0.15) is 0 Å². The van der Waals surface area contributed by atoms with E-state index in [1.807, 2.05) is 0 Å². The van der Waals surface area contributed by atoms with Crippen LogP contribution in [0.2, 0.25) is 0 Å². The molecule has 1 fully saturated rings. The molecule has 1 aliphatic carbocycles. The summed E-state index contributed by atoms with van der Waals surface area (Å²) in [6.07, 6.45) is 4.76. The third kappa shape index (κ3) is 3.41. The number of fused-ring (bicyclic) bond motifs is 1. The number of unbranched alkanes of at least 4 members (excludes halogenated alkanes) is 1. The first kappa shape index (κ1) is 16.2. The quantitative estimate of drug-likeness (QED) is 0.542. The molecule has 130 valence electrons. The fraction of sp³-hybridized carbons (Fsp3) is 0.409. The Labute approximate surface area is 149 Å². The van der Waals surface area contributed by atoms with Gasteiger partial charge in [0.1, 0.15) is 11.6 Å².